The molecule has 602 valence electrons. The maximum Gasteiger partial charge on any atom is 0.426 e. The van der Waals surface area contributed by atoms with E-state index in [-0.39, 0.29) is 124 Å². The van der Waals surface area contributed by atoms with Crippen molar-refractivity contribution in [3.05, 3.63) is 65.3 Å². The number of hydrazine groups is 1. The van der Waals surface area contributed by atoms with Crippen molar-refractivity contribution in [3.63, 3.8) is 0 Å². The average Bonchev–Trinajstić information content (AvgIpc) is 1.32. The van der Waals surface area contributed by atoms with E-state index in [1.165, 1.54) is 12.1 Å². The molecule has 1 aromatic rings. The van der Waals surface area contributed by atoms with Crippen LogP contribution in [0.1, 0.15) is 185 Å². The number of ketones is 2. The van der Waals surface area contributed by atoms with Gasteiger partial charge in [-0.1, -0.05) is 63.6 Å². The number of aliphatic hydroxyl groups excluding tert-OH is 2. The van der Waals surface area contributed by atoms with Gasteiger partial charge in [0, 0.05) is 80.1 Å². The molecule has 0 aromatic heterocycles. The molecular formula is C77H112F3N7O20S. The van der Waals surface area contributed by atoms with Gasteiger partial charge in [0.05, 0.1) is 75.1 Å². The first kappa shape index (κ1) is 83.1. The number of unbranched alkanes of at least 4 members (excludes halogenated alkanes) is 3. The largest absolute Gasteiger partial charge is 0.490 e. The number of urea groups is 1. The molecule has 27 nitrogen and oxygen atoms in total. The van der Waals surface area contributed by atoms with E-state index in [1.54, 1.807) is 13.0 Å². The number of hydrogen-bond donors (Lipinski definition) is 11. The van der Waals surface area contributed by atoms with Crippen LogP contribution < -0.4 is 42.2 Å². The first-order valence-corrected chi connectivity index (χ1v) is 40.0. The van der Waals surface area contributed by atoms with Crippen molar-refractivity contribution in [1.29, 1.82) is 0 Å². The Hall–Kier alpha value is -5.81. The second kappa shape index (κ2) is 35.9. The number of Topliss-reactive ketones (excluding diaryl/α,β-unsaturated/α-hetero) is 2. The van der Waals surface area contributed by atoms with E-state index in [2.05, 4.69) is 57.9 Å². The molecule has 11 N–H and O–H groups in total. The summed E-state index contributed by atoms with van der Waals surface area (Å²) in [6, 6.07) is 3.74. The number of halogens is 3. The molecule has 2 aliphatic carbocycles. The van der Waals surface area contributed by atoms with Gasteiger partial charge >= 0.3 is 24.3 Å². The van der Waals surface area contributed by atoms with E-state index in [0.29, 0.717) is 87.3 Å². The Morgan fingerprint density at radius 1 is 0.852 bits per heavy atom. The fraction of sp³-hybridized carbons (Fsp3) is 0.753. The van der Waals surface area contributed by atoms with Crippen LogP contribution in [0.25, 0.3) is 0 Å². The molecule has 11 rings (SSSR count). The van der Waals surface area contributed by atoms with Crippen LogP contribution in [0.5, 0.6) is 5.75 Å². The number of ether oxygens (including phenoxy) is 9. The summed E-state index contributed by atoms with van der Waals surface area (Å²) in [7, 11) is 0. The number of carboxylic acid groups (broad SMARTS) is 1. The maximum absolute atomic E-state index is 15.3. The summed E-state index contributed by atoms with van der Waals surface area (Å²) in [6.45, 7) is 14.9. The molecule has 8 saturated heterocycles. The molecule has 20 atom stereocenters. The van der Waals surface area contributed by atoms with Crippen LogP contribution in [0.15, 0.2) is 54.2 Å². The zero-order valence-corrected chi connectivity index (χ0v) is 63.5. The third-order valence-electron chi connectivity index (χ3n) is 23.6. The van der Waals surface area contributed by atoms with E-state index in [1.807, 2.05) is 30.8 Å². The summed E-state index contributed by atoms with van der Waals surface area (Å²) in [4.78, 5) is 93.9. The minimum Gasteiger partial charge on any atom is -0.490 e. The lowest BCUT2D eigenvalue weighted by atomic mass is 9.56. The Bertz CT molecular complexity index is 3430. The lowest BCUT2D eigenvalue weighted by Crippen LogP contribution is -2.60. The number of rotatable bonds is 34. The van der Waals surface area contributed by atoms with Gasteiger partial charge in [-0.15, -0.1) is 0 Å². The summed E-state index contributed by atoms with van der Waals surface area (Å²) < 4.78 is 98.3. The van der Waals surface area contributed by atoms with E-state index in [9.17, 15) is 57.6 Å². The first-order chi connectivity index (χ1) is 51.5. The van der Waals surface area contributed by atoms with Crippen LogP contribution in [-0.4, -0.2) is 216 Å². The number of fused-ring (bicyclic) bond motifs is 2. The molecular weight excluding hydrogens is 1430 g/mol. The third-order valence-corrected chi connectivity index (χ3v) is 25.1. The number of aliphatic carboxylic acids is 1. The second-order valence-electron chi connectivity index (χ2n) is 31.8. The quantitative estimate of drug-likeness (QED) is 0.0104. The van der Waals surface area contributed by atoms with Crippen molar-refractivity contribution >= 4 is 53.2 Å². The predicted molar refractivity (Wildman–Crippen MR) is 388 cm³/mol. The van der Waals surface area contributed by atoms with Gasteiger partial charge in [0.2, 0.25) is 11.6 Å². The Morgan fingerprint density at radius 3 is 2.33 bits per heavy atom. The summed E-state index contributed by atoms with van der Waals surface area (Å²) in [5.74, 6) is -6.35. The molecule has 1 saturated carbocycles. The molecule has 3 spiro atoms. The SMILES string of the molecule is C=C1[C@@H](O)[C@@H]2O[C@]3(CC[C@H](/C=C/[C@@H](C)[C@@H]4CC(C)=C[C@@]5(C(=O)[C@H](C[C@@](C)(O)C(=O)O)CC[C@H]5OC(=O)NCCCCCNC(=O)c5ccc(C6(C(F)(F)F)NN6)cc5OCCOCCOCCNC(=O)CCCC[C@@H]5SC[C@@H]6NC(=O)N[C@@H]65)C4=O)O3)CC[C@H]2O[C@@H]1[C@@H](O)C[C@H](C)[C@H]1O[C@@]2(CCCCO2)CC[C@H]1C. The third kappa shape index (κ3) is 19.4. The van der Waals surface area contributed by atoms with Crippen LogP contribution in [-0.2, 0) is 62.7 Å². The van der Waals surface area contributed by atoms with Crippen LogP contribution in [0.3, 0.4) is 0 Å². The van der Waals surface area contributed by atoms with Crippen molar-refractivity contribution < 1.29 is 110 Å². The number of nitrogens with one attached hydrogen (secondary N) is 7. The Morgan fingerprint density at radius 2 is 1.59 bits per heavy atom. The van der Waals surface area contributed by atoms with E-state index in [0.717, 1.165) is 70.1 Å². The number of amides is 5. The van der Waals surface area contributed by atoms with Gasteiger partial charge in [-0.3, -0.25) is 19.2 Å². The number of alkyl halides is 3. The first-order valence-electron chi connectivity index (χ1n) is 39.0. The minimum absolute atomic E-state index is 0.00226. The highest BCUT2D eigenvalue weighted by Gasteiger charge is 2.66. The highest BCUT2D eigenvalue weighted by atomic mass is 32.2. The van der Waals surface area contributed by atoms with Crippen LogP contribution >= 0.6 is 11.8 Å². The summed E-state index contributed by atoms with van der Waals surface area (Å²) in [5.41, 5.74) is -1.76. The average molecular weight is 1540 g/mol. The van der Waals surface area contributed by atoms with Gasteiger partial charge in [-0.2, -0.15) is 24.9 Å². The van der Waals surface area contributed by atoms with Crippen LogP contribution in [0, 0.1) is 35.0 Å². The van der Waals surface area contributed by atoms with Gasteiger partial charge in [-0.05, 0) is 146 Å². The molecule has 10 aliphatic rings. The van der Waals surface area contributed by atoms with E-state index >= 15 is 9.59 Å². The monoisotopic (exact) mass is 1540 g/mol. The van der Waals surface area contributed by atoms with Gasteiger partial charge in [0.1, 0.15) is 42.2 Å². The van der Waals surface area contributed by atoms with Gasteiger partial charge < -0.3 is 89.6 Å². The fourth-order valence-corrected chi connectivity index (χ4v) is 19.0. The number of carboxylic acids is 1. The van der Waals surface area contributed by atoms with Gasteiger partial charge in [0.15, 0.2) is 28.7 Å². The van der Waals surface area contributed by atoms with Crippen molar-refractivity contribution in [1.82, 2.24) is 37.4 Å². The molecule has 108 heavy (non-hydrogen) atoms. The molecule has 0 bridgehead atoms. The van der Waals surface area contributed by atoms with Gasteiger partial charge in [-0.25, -0.2) is 25.2 Å². The lowest BCUT2D eigenvalue weighted by Gasteiger charge is -2.50. The Kier molecular flexibility index (Phi) is 27.6. The van der Waals surface area contributed by atoms with Crippen molar-refractivity contribution in [2.75, 3.05) is 65.0 Å². The van der Waals surface area contributed by atoms with Crippen molar-refractivity contribution in [2.24, 2.45) is 35.0 Å². The summed E-state index contributed by atoms with van der Waals surface area (Å²) in [5, 5.41) is 58.9. The Labute approximate surface area is 633 Å². The molecule has 31 heteroatoms. The number of aliphatic hydroxyl groups is 3. The van der Waals surface area contributed by atoms with Gasteiger partial charge in [0.25, 0.3) is 5.91 Å². The number of carbonyl (C=O) groups is 7. The smallest absolute Gasteiger partial charge is 0.426 e. The molecule has 0 radical (unpaired) electrons. The normalized spacial score (nSPS) is 33.7. The Balaban J connectivity index is 0.617. The number of allylic oxidation sites excluding steroid dienone is 2. The molecule has 0 unspecified atom stereocenters. The molecule has 1 aromatic carbocycles. The number of hydrogen-bond acceptors (Lipinski definition) is 22. The van der Waals surface area contributed by atoms with Crippen LogP contribution in [0.2, 0.25) is 0 Å². The molecule has 5 amide bonds. The maximum atomic E-state index is 15.3. The van der Waals surface area contributed by atoms with E-state index < -0.39 is 131 Å². The highest BCUT2D eigenvalue weighted by molar-refractivity contribution is 8.00. The zero-order valence-electron chi connectivity index (χ0n) is 62.7. The van der Waals surface area contributed by atoms with Crippen molar-refractivity contribution in [2.45, 2.75) is 265 Å². The predicted octanol–water partition coefficient (Wildman–Crippen LogP) is 7.52. The molecule has 8 aliphatic heterocycles. The molecule has 9 fully saturated rings. The number of thioether (sulfide) groups is 1. The summed E-state index contributed by atoms with van der Waals surface area (Å²) in [6.07, 6.45) is 4.68. The number of carbonyl (C=O) groups excluding carboxylic acids is 6. The summed E-state index contributed by atoms with van der Waals surface area (Å²) >= 11 is 1.84. The zero-order chi connectivity index (χ0) is 77.3. The number of alkyl carbamates (subject to hydrolysis) is 1. The second-order valence-corrected chi connectivity index (χ2v) is 33.0. The van der Waals surface area contributed by atoms with E-state index in [4.69, 9.17) is 42.6 Å². The highest BCUT2D eigenvalue weighted by Crippen LogP contribution is 2.52. The molecule has 8 heterocycles. The van der Waals surface area contributed by atoms with Crippen molar-refractivity contribution in [3.8, 4) is 5.75 Å². The standard InChI is InChI=1S/C77H112F3N7O20S/c1-44-38-53(45(2)16-19-51-23-27-74(105-51)28-24-56-65(107-74)62(90)48(5)64(103-56)55(88)39-47(4)63-46(3)22-26-73(106-63)25-10-13-32-102-73)67(92)75(41-44)59(21-17-49(66(75)91)42-72(6,98)69(94)95)104-71(97)83-30-12-7-11-29-82-68(93)52-20-18-50(76(86-87-76)77(78,79)80)40-57(52)101-37-36-100-35-34-99-33-31-81-60(89)15-9-8-14-58-61-54(43-108-58)84-70(96)85-61/h16,18-20,40-41,45-47,49,51,53-56,58-59,61-65,86-88,90,98H,5,7-15,17,21-39,42-43H2,1-4,6H3,(H,81,89)(H,82,93)(H,83,97)(H,94,95)(H2,84,85,96)/b19-16+/t45-,46-,47+,49+,51+,53+,54+,55+,56-,58+,59-,61+,62-,63+,64+,65-,72-,73+,74-,75-/m1/s1. The fourth-order valence-electron chi connectivity index (χ4n) is 17.5. The topological polar surface area (TPSA) is 388 Å². The number of benzene rings is 1. The minimum atomic E-state index is -4.73. The lowest BCUT2D eigenvalue weighted by molar-refractivity contribution is -0.320. The van der Waals surface area contributed by atoms with Crippen LogP contribution in [0.4, 0.5) is 22.8 Å².